The van der Waals surface area contributed by atoms with Crippen LogP contribution in [0.15, 0.2) is 12.5 Å². The van der Waals surface area contributed by atoms with Gasteiger partial charge in [0.1, 0.15) is 24.2 Å². The van der Waals surface area contributed by atoms with Crippen molar-refractivity contribution in [2.45, 2.75) is 57.3 Å². The van der Waals surface area contributed by atoms with Crippen LogP contribution in [0.25, 0.3) is 0 Å². The van der Waals surface area contributed by atoms with Crippen LogP contribution in [0.1, 0.15) is 32.4 Å². The molecule has 0 aromatic carbocycles. The number of carbonyl (C=O) groups excluding carboxylic acids is 4. The molecule has 0 radical (unpaired) electrons. The summed E-state index contributed by atoms with van der Waals surface area (Å²) in [6.45, 7) is 2.87. The molecule has 1 heterocycles. The predicted molar refractivity (Wildman–Crippen MR) is 114 cm³/mol. The number of carbonyl (C=O) groups is 5. The molecule has 14 heteroatoms. The Kier molecular flexibility index (Phi) is 10.9. The van der Waals surface area contributed by atoms with Gasteiger partial charge in [-0.25, -0.2) is 9.78 Å². The standard InChI is InChI=1S/C19H31N7O7/c1-3-9(2)15(26-16(29)11(20)7-27)18(31)24-12(4-10-6-22-8-23-10)17(30)25-13(19(32)33)5-14(21)28/h6,8-9,11-13,15,27H,3-5,7,20H2,1-2H3,(H2,21,28)(H,22,23)(H,24,31)(H,25,30)(H,26,29)(H,32,33). The van der Waals surface area contributed by atoms with Crippen LogP contribution >= 0.6 is 0 Å². The Labute approximate surface area is 189 Å². The predicted octanol–water partition coefficient (Wildman–Crippen LogP) is -3.27. The first-order valence-corrected chi connectivity index (χ1v) is 10.3. The van der Waals surface area contributed by atoms with Crippen molar-refractivity contribution in [2.24, 2.45) is 17.4 Å². The van der Waals surface area contributed by atoms with Crippen LogP contribution in [-0.4, -0.2) is 80.6 Å². The van der Waals surface area contributed by atoms with Gasteiger partial charge in [0, 0.05) is 18.3 Å². The smallest absolute Gasteiger partial charge is 0.326 e. The summed E-state index contributed by atoms with van der Waals surface area (Å²) in [5.41, 5.74) is 11.0. The van der Waals surface area contributed by atoms with Crippen molar-refractivity contribution >= 4 is 29.6 Å². The number of H-pyrrole nitrogens is 1. The normalized spacial score (nSPS) is 15.4. The molecule has 0 aliphatic carbocycles. The fourth-order valence-corrected chi connectivity index (χ4v) is 2.81. The van der Waals surface area contributed by atoms with Crippen LogP contribution in [0.4, 0.5) is 0 Å². The number of nitrogens with two attached hydrogens (primary N) is 2. The first kappa shape index (κ1) is 27.5. The number of hydrogen-bond acceptors (Lipinski definition) is 8. The summed E-state index contributed by atoms with van der Waals surface area (Å²) in [5.74, 6) is -5.12. The van der Waals surface area contributed by atoms with Crippen molar-refractivity contribution in [1.29, 1.82) is 0 Å². The number of carboxylic acid groups (broad SMARTS) is 1. The average Bonchev–Trinajstić information content (AvgIpc) is 3.27. The summed E-state index contributed by atoms with van der Waals surface area (Å²) >= 11 is 0. The van der Waals surface area contributed by atoms with Crippen LogP contribution in [-0.2, 0) is 30.4 Å². The Morgan fingerprint density at radius 3 is 2.21 bits per heavy atom. The lowest BCUT2D eigenvalue weighted by atomic mass is 9.97. The molecule has 0 saturated carbocycles. The maximum atomic E-state index is 13.0. The van der Waals surface area contributed by atoms with Gasteiger partial charge in [0.15, 0.2) is 0 Å². The maximum Gasteiger partial charge on any atom is 0.326 e. The van der Waals surface area contributed by atoms with E-state index in [0.29, 0.717) is 12.1 Å². The van der Waals surface area contributed by atoms with E-state index in [9.17, 15) is 29.1 Å². The highest BCUT2D eigenvalue weighted by atomic mass is 16.4. The van der Waals surface area contributed by atoms with Crippen LogP contribution in [0.3, 0.4) is 0 Å². The number of nitrogens with zero attached hydrogens (tertiary/aromatic N) is 1. The van der Waals surface area contributed by atoms with Crippen LogP contribution in [0.5, 0.6) is 0 Å². The van der Waals surface area contributed by atoms with Crippen molar-refractivity contribution in [3.8, 4) is 0 Å². The topological polar surface area (TPSA) is 243 Å². The largest absolute Gasteiger partial charge is 0.480 e. The fraction of sp³-hybridized carbons (Fsp3) is 0.579. The third-order valence-corrected chi connectivity index (χ3v) is 4.96. The van der Waals surface area contributed by atoms with Crippen LogP contribution in [0, 0.1) is 5.92 Å². The molecule has 14 nitrogen and oxygen atoms in total. The number of carboxylic acids is 1. The lowest BCUT2D eigenvalue weighted by molar-refractivity contribution is -0.143. The van der Waals surface area contributed by atoms with Gasteiger partial charge in [-0.2, -0.15) is 0 Å². The van der Waals surface area contributed by atoms with Gasteiger partial charge < -0.3 is 42.6 Å². The van der Waals surface area contributed by atoms with E-state index in [1.54, 1.807) is 13.8 Å². The highest BCUT2D eigenvalue weighted by Gasteiger charge is 2.33. The molecule has 0 fully saturated rings. The molecule has 0 saturated heterocycles. The molecule has 1 aromatic rings. The Morgan fingerprint density at radius 1 is 1.09 bits per heavy atom. The summed E-state index contributed by atoms with van der Waals surface area (Å²) < 4.78 is 0. The third kappa shape index (κ3) is 8.86. The Morgan fingerprint density at radius 2 is 1.73 bits per heavy atom. The number of amides is 4. The molecule has 0 spiro atoms. The minimum absolute atomic E-state index is 0.0855. The molecule has 0 aliphatic rings. The van der Waals surface area contributed by atoms with Crippen molar-refractivity contribution in [1.82, 2.24) is 25.9 Å². The molecule has 5 atom stereocenters. The lowest BCUT2D eigenvalue weighted by Crippen LogP contribution is -2.59. The molecule has 4 amide bonds. The second kappa shape index (κ2) is 13.1. The number of aliphatic carboxylic acids is 1. The first-order chi connectivity index (χ1) is 15.5. The van der Waals surface area contributed by atoms with E-state index >= 15 is 0 Å². The van der Waals surface area contributed by atoms with Gasteiger partial charge in [-0.15, -0.1) is 0 Å². The minimum atomic E-state index is -1.59. The molecule has 184 valence electrons. The zero-order valence-electron chi connectivity index (χ0n) is 18.4. The molecule has 33 heavy (non-hydrogen) atoms. The fourth-order valence-electron chi connectivity index (χ4n) is 2.81. The number of nitrogens with one attached hydrogen (secondary N) is 4. The second-order valence-electron chi connectivity index (χ2n) is 7.57. The molecule has 5 unspecified atom stereocenters. The molecule has 1 rings (SSSR count). The third-order valence-electron chi connectivity index (χ3n) is 4.96. The van der Waals surface area contributed by atoms with Gasteiger partial charge in [-0.3, -0.25) is 19.2 Å². The minimum Gasteiger partial charge on any atom is -0.480 e. The number of hydrogen-bond donors (Lipinski definition) is 8. The molecule has 0 aliphatic heterocycles. The van der Waals surface area contributed by atoms with E-state index in [-0.39, 0.29) is 12.3 Å². The summed E-state index contributed by atoms with van der Waals surface area (Å²) in [6, 6.07) is -5.19. The summed E-state index contributed by atoms with van der Waals surface area (Å²) in [5, 5.41) is 25.5. The molecule has 1 aromatic heterocycles. The number of aliphatic hydroxyl groups excluding tert-OH is 1. The molecule has 10 N–H and O–H groups in total. The number of aromatic amines is 1. The number of imidazole rings is 1. The highest BCUT2D eigenvalue weighted by molar-refractivity contribution is 5.95. The zero-order chi connectivity index (χ0) is 25.1. The molecule has 0 bridgehead atoms. The van der Waals surface area contributed by atoms with Gasteiger partial charge in [0.05, 0.1) is 19.4 Å². The van der Waals surface area contributed by atoms with Gasteiger partial charge in [-0.1, -0.05) is 20.3 Å². The molecular weight excluding hydrogens is 438 g/mol. The van der Waals surface area contributed by atoms with Gasteiger partial charge in [-0.05, 0) is 5.92 Å². The lowest BCUT2D eigenvalue weighted by Gasteiger charge is -2.27. The van der Waals surface area contributed by atoms with Crippen molar-refractivity contribution in [3.63, 3.8) is 0 Å². The van der Waals surface area contributed by atoms with Crippen LogP contribution in [0.2, 0.25) is 0 Å². The maximum absolute atomic E-state index is 13.0. The Bertz CT molecular complexity index is 830. The number of aliphatic hydroxyl groups is 1. The van der Waals surface area contributed by atoms with E-state index in [2.05, 4.69) is 25.9 Å². The van der Waals surface area contributed by atoms with Crippen molar-refractivity contribution < 1.29 is 34.2 Å². The second-order valence-corrected chi connectivity index (χ2v) is 7.57. The first-order valence-electron chi connectivity index (χ1n) is 10.3. The monoisotopic (exact) mass is 469 g/mol. The SMILES string of the molecule is CCC(C)C(NC(=O)C(N)CO)C(=O)NC(Cc1cnc[nH]1)C(=O)NC(CC(N)=O)C(=O)O. The highest BCUT2D eigenvalue weighted by Crippen LogP contribution is 2.10. The quantitative estimate of drug-likeness (QED) is 0.136. The van der Waals surface area contributed by atoms with E-state index < -0.39 is 66.8 Å². The zero-order valence-corrected chi connectivity index (χ0v) is 18.4. The van der Waals surface area contributed by atoms with Gasteiger partial charge in [0.25, 0.3) is 0 Å². The van der Waals surface area contributed by atoms with E-state index in [0.717, 1.165) is 0 Å². The van der Waals surface area contributed by atoms with Crippen molar-refractivity contribution in [3.05, 3.63) is 18.2 Å². The summed E-state index contributed by atoms with van der Waals surface area (Å²) in [6.07, 6.45) is 2.54. The number of rotatable bonds is 14. The summed E-state index contributed by atoms with van der Waals surface area (Å²) in [4.78, 5) is 67.1. The van der Waals surface area contributed by atoms with Gasteiger partial charge >= 0.3 is 5.97 Å². The van der Waals surface area contributed by atoms with E-state index in [1.165, 1.54) is 12.5 Å². The molecular formula is C19H31N7O7. The van der Waals surface area contributed by atoms with Crippen molar-refractivity contribution in [2.75, 3.05) is 6.61 Å². The Balaban J connectivity index is 3.09. The number of primary amides is 1. The number of aromatic nitrogens is 2. The average molecular weight is 469 g/mol. The van der Waals surface area contributed by atoms with E-state index in [4.69, 9.17) is 16.6 Å². The summed E-state index contributed by atoms with van der Waals surface area (Å²) in [7, 11) is 0. The Hall–Kier alpha value is -3.52. The van der Waals surface area contributed by atoms with E-state index in [1.807, 2.05) is 0 Å². The van der Waals surface area contributed by atoms with Crippen LogP contribution < -0.4 is 27.4 Å². The van der Waals surface area contributed by atoms with Gasteiger partial charge in [0.2, 0.25) is 23.6 Å².